The number of nitrogens with one attached hydrogen (secondary N) is 1. The van der Waals surface area contributed by atoms with E-state index in [-0.39, 0.29) is 12.6 Å². The second kappa shape index (κ2) is 8.05. The molecule has 2 saturated heterocycles. The molecule has 3 rings (SSSR count). The zero-order valence-electron chi connectivity index (χ0n) is 13.7. The summed E-state index contributed by atoms with van der Waals surface area (Å²) < 4.78 is 5.59. The van der Waals surface area contributed by atoms with Crippen molar-refractivity contribution >= 4 is 17.6 Å². The van der Waals surface area contributed by atoms with Gasteiger partial charge in [-0.1, -0.05) is 23.7 Å². The lowest BCUT2D eigenvalue weighted by Gasteiger charge is -2.36. The number of aliphatic hydroxyl groups is 1. The maximum atomic E-state index is 11.7. The quantitative estimate of drug-likeness (QED) is 0.814. The summed E-state index contributed by atoms with van der Waals surface area (Å²) in [7, 11) is 0. The molecule has 2 heterocycles. The number of aliphatic hydroxyl groups excluding tert-OH is 1. The maximum Gasteiger partial charge on any atom is 0.317 e. The minimum atomic E-state index is -0.562. The lowest BCUT2D eigenvalue weighted by Crippen LogP contribution is -2.48. The number of likely N-dealkylation sites (tertiary alicyclic amines) is 1. The molecule has 0 unspecified atom stereocenters. The summed E-state index contributed by atoms with van der Waals surface area (Å²) in [6, 6.07) is 7.63. The SMILES string of the molecule is O=C1NCCN1C1CCN(C[C@H](O)COc2ccccc2Cl)CC1. The molecule has 0 bridgehead atoms. The lowest BCUT2D eigenvalue weighted by atomic mass is 10.0. The molecular weight excluding hydrogens is 330 g/mol. The number of hydrogen-bond acceptors (Lipinski definition) is 4. The first-order valence-electron chi connectivity index (χ1n) is 8.45. The van der Waals surface area contributed by atoms with E-state index in [1.165, 1.54) is 0 Å². The van der Waals surface area contributed by atoms with Crippen LogP contribution in [0.5, 0.6) is 5.75 Å². The standard InChI is InChI=1S/C17H24ClN3O3/c18-15-3-1-2-4-16(15)24-12-14(22)11-20-8-5-13(6-9-20)21-10-7-19-17(21)23/h1-4,13-14,22H,5-12H2,(H,19,23)/t14-/m0/s1. The second-order valence-electron chi connectivity index (χ2n) is 6.35. The van der Waals surface area contributed by atoms with Crippen LogP contribution in [0.1, 0.15) is 12.8 Å². The average Bonchev–Trinajstić information content (AvgIpc) is 3.01. The van der Waals surface area contributed by atoms with Gasteiger partial charge in [-0.15, -0.1) is 0 Å². The molecule has 132 valence electrons. The summed E-state index contributed by atoms with van der Waals surface area (Å²) in [6.45, 7) is 4.12. The Morgan fingerprint density at radius 2 is 2.04 bits per heavy atom. The Labute approximate surface area is 147 Å². The Morgan fingerprint density at radius 1 is 1.29 bits per heavy atom. The number of rotatable bonds is 6. The van der Waals surface area contributed by atoms with Crippen LogP contribution >= 0.6 is 11.6 Å². The van der Waals surface area contributed by atoms with Crippen molar-refractivity contribution in [2.75, 3.05) is 39.3 Å². The highest BCUT2D eigenvalue weighted by molar-refractivity contribution is 6.32. The lowest BCUT2D eigenvalue weighted by molar-refractivity contribution is 0.0509. The summed E-state index contributed by atoms with van der Waals surface area (Å²) in [4.78, 5) is 15.9. The van der Waals surface area contributed by atoms with E-state index in [2.05, 4.69) is 10.2 Å². The number of amides is 2. The van der Waals surface area contributed by atoms with Crippen molar-refractivity contribution in [1.82, 2.24) is 15.1 Å². The van der Waals surface area contributed by atoms with Crippen LogP contribution in [-0.2, 0) is 0 Å². The molecule has 1 aromatic rings. The van der Waals surface area contributed by atoms with Crippen LogP contribution in [0.15, 0.2) is 24.3 Å². The first-order chi connectivity index (χ1) is 11.6. The van der Waals surface area contributed by atoms with Gasteiger partial charge in [0.15, 0.2) is 0 Å². The number of urea groups is 1. The molecule has 1 atom stereocenters. The van der Waals surface area contributed by atoms with Crippen LogP contribution in [0.25, 0.3) is 0 Å². The molecule has 2 amide bonds. The van der Waals surface area contributed by atoms with E-state index in [1.807, 2.05) is 17.0 Å². The van der Waals surface area contributed by atoms with Crippen LogP contribution in [0.3, 0.4) is 0 Å². The topological polar surface area (TPSA) is 65.0 Å². The highest BCUT2D eigenvalue weighted by Crippen LogP contribution is 2.23. The summed E-state index contributed by atoms with van der Waals surface area (Å²) >= 11 is 6.04. The average molecular weight is 354 g/mol. The van der Waals surface area contributed by atoms with Crippen molar-refractivity contribution in [2.24, 2.45) is 0 Å². The molecule has 0 radical (unpaired) electrons. The highest BCUT2D eigenvalue weighted by Gasteiger charge is 2.31. The molecule has 0 aromatic heterocycles. The van der Waals surface area contributed by atoms with Crippen molar-refractivity contribution in [1.29, 1.82) is 0 Å². The monoisotopic (exact) mass is 353 g/mol. The summed E-state index contributed by atoms with van der Waals surface area (Å²) in [6.07, 6.45) is 1.34. The van der Waals surface area contributed by atoms with Gasteiger partial charge in [-0.2, -0.15) is 0 Å². The number of nitrogens with zero attached hydrogens (tertiary/aromatic N) is 2. The number of halogens is 1. The van der Waals surface area contributed by atoms with Crippen LogP contribution in [0, 0.1) is 0 Å². The van der Waals surface area contributed by atoms with Crippen LogP contribution in [0.4, 0.5) is 4.79 Å². The van der Waals surface area contributed by atoms with E-state index in [0.29, 0.717) is 23.4 Å². The summed E-state index contributed by atoms with van der Waals surface area (Å²) in [5.41, 5.74) is 0. The molecule has 2 aliphatic heterocycles. The van der Waals surface area contributed by atoms with Crippen LogP contribution in [-0.4, -0.2) is 72.4 Å². The number of β-amino-alcohol motifs (C(OH)–C–C–N with tert-alkyl or cyclic N) is 1. The van der Waals surface area contributed by atoms with Gasteiger partial charge in [-0.05, 0) is 25.0 Å². The molecule has 6 nitrogen and oxygen atoms in total. The zero-order chi connectivity index (χ0) is 16.9. The largest absolute Gasteiger partial charge is 0.489 e. The molecule has 2 aliphatic rings. The predicted octanol–water partition coefficient (Wildman–Crippen LogP) is 1.57. The van der Waals surface area contributed by atoms with Crippen LogP contribution < -0.4 is 10.1 Å². The molecule has 2 N–H and O–H groups in total. The van der Waals surface area contributed by atoms with Gasteiger partial charge in [0.1, 0.15) is 18.5 Å². The third-order valence-electron chi connectivity index (χ3n) is 4.62. The smallest absolute Gasteiger partial charge is 0.317 e. The van der Waals surface area contributed by atoms with E-state index in [1.54, 1.807) is 12.1 Å². The van der Waals surface area contributed by atoms with Crippen molar-refractivity contribution in [2.45, 2.75) is 25.0 Å². The Balaban J connectivity index is 1.39. The molecule has 7 heteroatoms. The van der Waals surface area contributed by atoms with Gasteiger partial charge in [0.25, 0.3) is 0 Å². The van der Waals surface area contributed by atoms with E-state index in [4.69, 9.17) is 16.3 Å². The van der Waals surface area contributed by atoms with Gasteiger partial charge in [0.2, 0.25) is 0 Å². The van der Waals surface area contributed by atoms with Gasteiger partial charge < -0.3 is 25.0 Å². The number of carbonyl (C=O) groups excluding carboxylic acids is 1. The van der Waals surface area contributed by atoms with Gasteiger partial charge in [-0.25, -0.2) is 4.79 Å². The van der Waals surface area contributed by atoms with Crippen molar-refractivity contribution in [3.05, 3.63) is 29.3 Å². The van der Waals surface area contributed by atoms with Crippen molar-refractivity contribution in [3.63, 3.8) is 0 Å². The number of para-hydroxylation sites is 1. The van der Waals surface area contributed by atoms with Gasteiger partial charge in [0, 0.05) is 38.8 Å². The Kier molecular flexibility index (Phi) is 5.81. The molecule has 1 aromatic carbocycles. The summed E-state index contributed by atoms with van der Waals surface area (Å²) in [5.74, 6) is 0.594. The fourth-order valence-corrected chi connectivity index (χ4v) is 3.54. The number of benzene rings is 1. The first-order valence-corrected chi connectivity index (χ1v) is 8.83. The minimum Gasteiger partial charge on any atom is -0.489 e. The Morgan fingerprint density at radius 3 is 2.71 bits per heavy atom. The normalized spacial score (nSPS) is 20.9. The Hall–Kier alpha value is -1.50. The first kappa shape index (κ1) is 17.3. The fourth-order valence-electron chi connectivity index (χ4n) is 3.35. The predicted molar refractivity (Wildman–Crippen MR) is 92.5 cm³/mol. The zero-order valence-corrected chi connectivity index (χ0v) is 14.4. The number of carbonyl (C=O) groups is 1. The number of ether oxygens (including phenoxy) is 1. The minimum absolute atomic E-state index is 0.0571. The number of piperidine rings is 1. The van der Waals surface area contributed by atoms with E-state index in [9.17, 15) is 9.90 Å². The molecule has 0 aliphatic carbocycles. The molecule has 0 saturated carbocycles. The molecule has 24 heavy (non-hydrogen) atoms. The second-order valence-corrected chi connectivity index (χ2v) is 6.76. The van der Waals surface area contributed by atoms with E-state index >= 15 is 0 Å². The molecule has 0 spiro atoms. The summed E-state index contributed by atoms with van der Waals surface area (Å²) in [5, 5.41) is 13.6. The fraction of sp³-hybridized carbons (Fsp3) is 0.588. The number of hydrogen-bond donors (Lipinski definition) is 2. The molecule has 2 fully saturated rings. The van der Waals surface area contributed by atoms with Crippen LogP contribution in [0.2, 0.25) is 5.02 Å². The van der Waals surface area contributed by atoms with Crippen molar-refractivity contribution < 1.29 is 14.6 Å². The third-order valence-corrected chi connectivity index (χ3v) is 4.94. The Bertz CT molecular complexity index is 564. The van der Waals surface area contributed by atoms with E-state index in [0.717, 1.165) is 39.0 Å². The van der Waals surface area contributed by atoms with Gasteiger partial charge >= 0.3 is 6.03 Å². The van der Waals surface area contributed by atoms with Crippen molar-refractivity contribution in [3.8, 4) is 5.75 Å². The third kappa shape index (κ3) is 4.32. The maximum absolute atomic E-state index is 11.7. The highest BCUT2D eigenvalue weighted by atomic mass is 35.5. The van der Waals surface area contributed by atoms with Gasteiger partial charge in [-0.3, -0.25) is 0 Å². The van der Waals surface area contributed by atoms with Gasteiger partial charge in [0.05, 0.1) is 5.02 Å². The molecular formula is C17H24ClN3O3. The van der Waals surface area contributed by atoms with E-state index < -0.39 is 6.10 Å².